The fraction of sp³-hybridized carbons (Fsp3) is 0.948. The number of esters is 3. The summed E-state index contributed by atoms with van der Waals surface area (Å²) in [6.07, 6.45) is 61.0. The van der Waals surface area contributed by atoms with Gasteiger partial charge in [0.2, 0.25) is 0 Å². The summed E-state index contributed by atoms with van der Waals surface area (Å²) in [5.74, 6) is -0.500. The molecule has 7 nitrogen and oxygen atoms in total. The standard InChI is InChI=1S/C38H74O4.C20H40O3/c1-3-5-7-9-11-13-15-17-19-21-23-25-27-29-31-33-37(39)41-35-36-42-38(40)34-32-30-28-26-24-22-20-18-16-14-12-10-8-6-4-2;1-2-3-4-5-6-7-8-9-10-11-12-13-14-15-16-17-20(22)23-19-18-21/h3-36H2,1-2H3;21H,2-19H2,1H3. The second-order valence-electron chi connectivity index (χ2n) is 19.5. The Morgan fingerprint density at radius 3 is 0.569 bits per heavy atom. The van der Waals surface area contributed by atoms with Gasteiger partial charge in [0.1, 0.15) is 19.8 Å². The van der Waals surface area contributed by atoms with Crippen molar-refractivity contribution in [3.63, 3.8) is 0 Å². The first kappa shape index (κ1) is 65.5. The first-order valence-corrected chi connectivity index (χ1v) is 29.1. The Kier molecular flexibility index (Phi) is 60.8. The van der Waals surface area contributed by atoms with Gasteiger partial charge in [0.05, 0.1) is 6.61 Å². The number of aliphatic hydroxyl groups excluding tert-OH is 1. The van der Waals surface area contributed by atoms with E-state index in [9.17, 15) is 14.4 Å². The van der Waals surface area contributed by atoms with Crippen molar-refractivity contribution >= 4 is 17.9 Å². The summed E-state index contributed by atoms with van der Waals surface area (Å²) in [6.45, 7) is 7.25. The quantitative estimate of drug-likeness (QED) is 0.0368. The molecule has 0 aliphatic heterocycles. The minimum Gasteiger partial charge on any atom is -0.463 e. The van der Waals surface area contributed by atoms with Crippen LogP contribution in [-0.4, -0.2) is 49.4 Å². The Morgan fingerprint density at radius 2 is 0.400 bits per heavy atom. The van der Waals surface area contributed by atoms with Crippen molar-refractivity contribution in [3.05, 3.63) is 0 Å². The molecule has 0 heterocycles. The Morgan fingerprint density at radius 1 is 0.246 bits per heavy atom. The van der Waals surface area contributed by atoms with Gasteiger partial charge >= 0.3 is 17.9 Å². The topological polar surface area (TPSA) is 99.1 Å². The number of hydrogen-bond acceptors (Lipinski definition) is 7. The highest BCUT2D eigenvalue weighted by Gasteiger charge is 2.06. The fourth-order valence-electron chi connectivity index (χ4n) is 8.61. The van der Waals surface area contributed by atoms with E-state index >= 15 is 0 Å². The van der Waals surface area contributed by atoms with E-state index in [0.29, 0.717) is 19.3 Å². The van der Waals surface area contributed by atoms with Crippen molar-refractivity contribution in [2.45, 2.75) is 329 Å². The molecular formula is C58H114O7. The van der Waals surface area contributed by atoms with E-state index in [-0.39, 0.29) is 44.3 Å². The molecule has 7 heteroatoms. The predicted molar refractivity (Wildman–Crippen MR) is 279 cm³/mol. The summed E-state index contributed by atoms with van der Waals surface area (Å²) < 4.78 is 15.3. The molecule has 0 aromatic heterocycles. The highest BCUT2D eigenvalue weighted by atomic mass is 16.6. The number of unbranched alkanes of at least 4 members (excludes halogenated alkanes) is 42. The Hall–Kier alpha value is -1.63. The lowest BCUT2D eigenvalue weighted by atomic mass is 10.0. The molecule has 0 aromatic rings. The van der Waals surface area contributed by atoms with E-state index in [1.54, 1.807) is 0 Å². The zero-order valence-electron chi connectivity index (χ0n) is 44.2. The number of rotatable bonds is 53. The SMILES string of the molecule is CCCCCCCCCCCCCCCCCC(=O)OCCO.CCCCCCCCCCCCCCCCCC(=O)OCCOC(=O)CCCCCCCCCCCCCCCCC. The smallest absolute Gasteiger partial charge is 0.305 e. The van der Waals surface area contributed by atoms with Gasteiger partial charge in [-0.3, -0.25) is 14.4 Å². The third-order valence-corrected chi connectivity index (χ3v) is 12.9. The van der Waals surface area contributed by atoms with Gasteiger partial charge in [0.15, 0.2) is 0 Å². The van der Waals surface area contributed by atoms with Gasteiger partial charge in [-0.25, -0.2) is 0 Å². The molecule has 0 rings (SSSR count). The lowest BCUT2D eigenvalue weighted by Gasteiger charge is -2.07. The highest BCUT2D eigenvalue weighted by Crippen LogP contribution is 2.17. The van der Waals surface area contributed by atoms with Crippen LogP contribution in [0.1, 0.15) is 329 Å². The van der Waals surface area contributed by atoms with Crippen molar-refractivity contribution in [1.29, 1.82) is 0 Å². The summed E-state index contributed by atoms with van der Waals surface area (Å²) in [5.41, 5.74) is 0. The van der Waals surface area contributed by atoms with Gasteiger partial charge in [-0.1, -0.05) is 290 Å². The van der Waals surface area contributed by atoms with Gasteiger partial charge in [0.25, 0.3) is 0 Å². The molecular weight excluding hydrogens is 809 g/mol. The first-order valence-electron chi connectivity index (χ1n) is 29.1. The van der Waals surface area contributed by atoms with E-state index in [1.807, 2.05) is 0 Å². The summed E-state index contributed by atoms with van der Waals surface area (Å²) in [7, 11) is 0. The summed E-state index contributed by atoms with van der Waals surface area (Å²) in [5, 5.41) is 8.54. The van der Waals surface area contributed by atoms with E-state index in [1.165, 1.54) is 250 Å². The number of hydrogen-bond donors (Lipinski definition) is 1. The molecule has 388 valence electrons. The molecule has 65 heavy (non-hydrogen) atoms. The zero-order valence-corrected chi connectivity index (χ0v) is 44.2. The molecule has 1 N–H and O–H groups in total. The van der Waals surface area contributed by atoms with Gasteiger partial charge < -0.3 is 19.3 Å². The normalized spacial score (nSPS) is 11.1. The monoisotopic (exact) mass is 923 g/mol. The second-order valence-corrected chi connectivity index (χ2v) is 19.5. The Bertz CT molecular complexity index is 876. The van der Waals surface area contributed by atoms with Crippen molar-refractivity contribution < 1.29 is 33.7 Å². The van der Waals surface area contributed by atoms with E-state index in [4.69, 9.17) is 19.3 Å². The molecule has 0 unspecified atom stereocenters. The largest absolute Gasteiger partial charge is 0.463 e. The molecule has 0 spiro atoms. The maximum absolute atomic E-state index is 11.9. The van der Waals surface area contributed by atoms with Crippen molar-refractivity contribution in [3.8, 4) is 0 Å². The zero-order chi connectivity index (χ0) is 47.6. The van der Waals surface area contributed by atoms with Gasteiger partial charge in [-0.15, -0.1) is 0 Å². The maximum atomic E-state index is 11.9. The first-order chi connectivity index (χ1) is 32.0. The Labute approximate surface area is 405 Å². The van der Waals surface area contributed by atoms with Crippen LogP contribution in [0, 0.1) is 0 Å². The number of aliphatic hydroxyl groups is 1. The van der Waals surface area contributed by atoms with Crippen LogP contribution < -0.4 is 0 Å². The summed E-state index contributed by atoms with van der Waals surface area (Å²) >= 11 is 0. The highest BCUT2D eigenvalue weighted by molar-refractivity contribution is 5.70. The summed E-state index contributed by atoms with van der Waals surface area (Å²) in [4.78, 5) is 35.0. The molecule has 0 aromatic carbocycles. The van der Waals surface area contributed by atoms with Crippen LogP contribution in [0.15, 0.2) is 0 Å². The van der Waals surface area contributed by atoms with E-state index in [2.05, 4.69) is 20.8 Å². The minimum absolute atomic E-state index is 0.0788. The van der Waals surface area contributed by atoms with Gasteiger partial charge in [-0.05, 0) is 19.3 Å². The fourth-order valence-corrected chi connectivity index (χ4v) is 8.61. The van der Waals surface area contributed by atoms with Crippen LogP contribution >= 0.6 is 0 Å². The summed E-state index contributed by atoms with van der Waals surface area (Å²) in [6, 6.07) is 0. The molecule has 0 radical (unpaired) electrons. The van der Waals surface area contributed by atoms with Crippen LogP contribution in [0.2, 0.25) is 0 Å². The molecule has 0 saturated heterocycles. The van der Waals surface area contributed by atoms with Crippen LogP contribution in [0.4, 0.5) is 0 Å². The molecule has 0 bridgehead atoms. The molecule has 0 atom stereocenters. The molecule has 0 fully saturated rings. The third-order valence-electron chi connectivity index (χ3n) is 12.9. The number of carbonyl (C=O) groups is 3. The minimum atomic E-state index is -0.172. The predicted octanol–water partition coefficient (Wildman–Crippen LogP) is 18.4. The maximum Gasteiger partial charge on any atom is 0.305 e. The second kappa shape index (κ2) is 60.4. The lowest BCUT2D eigenvalue weighted by molar-refractivity contribution is -0.152. The lowest BCUT2D eigenvalue weighted by Crippen LogP contribution is -2.13. The van der Waals surface area contributed by atoms with Crippen LogP contribution in [0.25, 0.3) is 0 Å². The third kappa shape index (κ3) is 62.4. The Balaban J connectivity index is 0. The van der Waals surface area contributed by atoms with Crippen molar-refractivity contribution in [2.24, 2.45) is 0 Å². The van der Waals surface area contributed by atoms with Crippen LogP contribution in [0.3, 0.4) is 0 Å². The van der Waals surface area contributed by atoms with E-state index < -0.39 is 0 Å². The molecule has 0 aliphatic rings. The van der Waals surface area contributed by atoms with Crippen LogP contribution in [0.5, 0.6) is 0 Å². The van der Waals surface area contributed by atoms with Crippen molar-refractivity contribution in [2.75, 3.05) is 26.4 Å². The number of carbonyl (C=O) groups excluding carboxylic acids is 3. The van der Waals surface area contributed by atoms with Crippen LogP contribution in [-0.2, 0) is 28.6 Å². The van der Waals surface area contributed by atoms with E-state index in [0.717, 1.165) is 38.5 Å². The molecule has 0 aliphatic carbocycles. The average molecular weight is 924 g/mol. The number of ether oxygens (including phenoxy) is 3. The molecule has 0 amide bonds. The average Bonchev–Trinajstić information content (AvgIpc) is 3.31. The van der Waals surface area contributed by atoms with Gasteiger partial charge in [0, 0.05) is 19.3 Å². The van der Waals surface area contributed by atoms with Crippen molar-refractivity contribution in [1.82, 2.24) is 0 Å². The molecule has 0 saturated carbocycles. The van der Waals surface area contributed by atoms with Gasteiger partial charge in [-0.2, -0.15) is 0 Å².